The van der Waals surface area contributed by atoms with Crippen molar-refractivity contribution in [3.63, 3.8) is 0 Å². The van der Waals surface area contributed by atoms with Crippen molar-refractivity contribution >= 4 is 35.0 Å². The largest absolute Gasteiger partial charge is 0.326 e. The molecule has 0 fully saturated rings. The predicted octanol–water partition coefficient (Wildman–Crippen LogP) is 5.55. The molecule has 0 aliphatic heterocycles. The number of rotatable bonds is 8. The fraction of sp³-hybridized carbons (Fsp3) is 0.364. The van der Waals surface area contributed by atoms with Gasteiger partial charge in [0.05, 0.1) is 5.25 Å². The molecule has 0 spiro atoms. The van der Waals surface area contributed by atoms with Gasteiger partial charge in [-0.15, -0.1) is 11.8 Å². The van der Waals surface area contributed by atoms with Gasteiger partial charge in [-0.3, -0.25) is 9.59 Å². The zero-order valence-electron chi connectivity index (χ0n) is 16.5. The number of amides is 2. The Morgan fingerprint density at radius 1 is 1.04 bits per heavy atom. The van der Waals surface area contributed by atoms with Crippen LogP contribution in [0.1, 0.15) is 44.2 Å². The van der Waals surface area contributed by atoms with Crippen molar-refractivity contribution in [2.24, 2.45) is 0 Å². The average Bonchev–Trinajstić information content (AvgIpc) is 2.62. The van der Waals surface area contributed by atoms with E-state index in [0.717, 1.165) is 28.3 Å². The molecule has 4 nitrogen and oxygen atoms in total. The van der Waals surface area contributed by atoms with Crippen LogP contribution in [0.25, 0.3) is 0 Å². The molecular weight excluding hydrogens is 356 g/mol. The lowest BCUT2D eigenvalue weighted by atomic mass is 10.1. The molecule has 0 aromatic heterocycles. The summed E-state index contributed by atoms with van der Waals surface area (Å²) in [5, 5.41) is 5.74. The van der Waals surface area contributed by atoms with Gasteiger partial charge in [0, 0.05) is 22.7 Å². The van der Waals surface area contributed by atoms with E-state index in [0.29, 0.717) is 12.8 Å². The minimum Gasteiger partial charge on any atom is -0.326 e. The number of benzene rings is 2. The fourth-order valence-corrected chi connectivity index (χ4v) is 3.76. The second kappa shape index (κ2) is 10.2. The maximum atomic E-state index is 12.7. The zero-order chi connectivity index (χ0) is 19.8. The van der Waals surface area contributed by atoms with Crippen LogP contribution in [0.15, 0.2) is 47.4 Å². The summed E-state index contributed by atoms with van der Waals surface area (Å²) in [4.78, 5) is 25.5. The first-order valence-electron chi connectivity index (χ1n) is 9.37. The van der Waals surface area contributed by atoms with E-state index in [1.54, 1.807) is 0 Å². The van der Waals surface area contributed by atoms with Crippen LogP contribution in [0, 0.1) is 13.8 Å². The molecule has 0 bridgehead atoms. The molecule has 0 aliphatic carbocycles. The van der Waals surface area contributed by atoms with Crippen LogP contribution in [-0.2, 0) is 9.59 Å². The summed E-state index contributed by atoms with van der Waals surface area (Å²) in [5.41, 5.74) is 3.85. The molecule has 0 saturated heterocycles. The Hall–Kier alpha value is -2.27. The summed E-state index contributed by atoms with van der Waals surface area (Å²) in [6, 6.07) is 13.7. The van der Waals surface area contributed by atoms with Gasteiger partial charge in [0.15, 0.2) is 0 Å². The number of carbonyl (C=O) groups is 2. The normalized spacial score (nSPS) is 11.7. The molecule has 0 radical (unpaired) electrons. The number of hydrogen-bond donors (Lipinski definition) is 2. The molecule has 2 aromatic carbocycles. The summed E-state index contributed by atoms with van der Waals surface area (Å²) in [5.74, 6) is 0.00848. The summed E-state index contributed by atoms with van der Waals surface area (Å²) in [6.07, 6.45) is 2.04. The molecule has 5 heteroatoms. The Labute approximate surface area is 166 Å². The number of carbonyl (C=O) groups excluding carboxylic acids is 2. The molecule has 1 atom stereocenters. The molecule has 0 heterocycles. The Kier molecular flexibility index (Phi) is 7.92. The third kappa shape index (κ3) is 6.43. The molecule has 2 aromatic rings. The van der Waals surface area contributed by atoms with E-state index < -0.39 is 0 Å². The molecular formula is C22H28N2O2S. The van der Waals surface area contributed by atoms with Crippen molar-refractivity contribution in [3.05, 3.63) is 53.6 Å². The molecule has 2 N–H and O–H groups in total. The topological polar surface area (TPSA) is 58.2 Å². The summed E-state index contributed by atoms with van der Waals surface area (Å²) in [6.45, 7) is 8.02. The number of thioether (sulfide) groups is 1. The van der Waals surface area contributed by atoms with E-state index in [2.05, 4.69) is 16.7 Å². The zero-order valence-corrected chi connectivity index (χ0v) is 17.3. The standard InChI is InChI=1S/C22H28N2O2S/c1-5-8-21(25)23-17-9-7-10-18(14-17)27-20(6-2)22(26)24-19-12-11-15(3)13-16(19)4/h7,9-14,20H,5-6,8H2,1-4H3,(H,23,25)(H,24,26). The molecule has 2 rings (SSSR count). The molecule has 1 unspecified atom stereocenters. The van der Waals surface area contributed by atoms with Gasteiger partial charge in [-0.1, -0.05) is 37.6 Å². The molecule has 144 valence electrons. The van der Waals surface area contributed by atoms with Gasteiger partial charge in [-0.05, 0) is 56.5 Å². The Morgan fingerprint density at radius 2 is 1.81 bits per heavy atom. The lowest BCUT2D eigenvalue weighted by Gasteiger charge is -2.16. The highest BCUT2D eigenvalue weighted by atomic mass is 32.2. The van der Waals surface area contributed by atoms with E-state index in [4.69, 9.17) is 0 Å². The highest BCUT2D eigenvalue weighted by Gasteiger charge is 2.19. The molecule has 0 aliphatic rings. The van der Waals surface area contributed by atoms with Gasteiger partial charge in [0.25, 0.3) is 0 Å². The molecule has 0 saturated carbocycles. The lowest BCUT2D eigenvalue weighted by molar-refractivity contribution is -0.116. The van der Waals surface area contributed by atoms with Gasteiger partial charge >= 0.3 is 0 Å². The maximum Gasteiger partial charge on any atom is 0.237 e. The number of hydrogen-bond acceptors (Lipinski definition) is 3. The monoisotopic (exact) mass is 384 g/mol. The summed E-state index contributed by atoms with van der Waals surface area (Å²) < 4.78 is 0. The number of nitrogens with one attached hydrogen (secondary N) is 2. The highest BCUT2D eigenvalue weighted by molar-refractivity contribution is 8.00. The van der Waals surface area contributed by atoms with E-state index in [-0.39, 0.29) is 17.1 Å². The quantitative estimate of drug-likeness (QED) is 0.587. The van der Waals surface area contributed by atoms with E-state index in [9.17, 15) is 9.59 Å². The SMILES string of the molecule is CCCC(=O)Nc1cccc(SC(CC)C(=O)Nc2ccc(C)cc2C)c1. The van der Waals surface area contributed by atoms with Crippen LogP contribution < -0.4 is 10.6 Å². The van der Waals surface area contributed by atoms with Crippen LogP contribution in [0.3, 0.4) is 0 Å². The van der Waals surface area contributed by atoms with Crippen molar-refractivity contribution in [1.29, 1.82) is 0 Å². The summed E-state index contributed by atoms with van der Waals surface area (Å²) >= 11 is 1.52. The van der Waals surface area contributed by atoms with E-state index in [1.165, 1.54) is 17.3 Å². The number of aryl methyl sites for hydroxylation is 2. The van der Waals surface area contributed by atoms with Gasteiger partial charge in [-0.2, -0.15) is 0 Å². The minimum atomic E-state index is -0.202. The Balaban J connectivity index is 2.05. The van der Waals surface area contributed by atoms with Crippen molar-refractivity contribution < 1.29 is 9.59 Å². The van der Waals surface area contributed by atoms with Crippen molar-refractivity contribution in [1.82, 2.24) is 0 Å². The van der Waals surface area contributed by atoms with Crippen LogP contribution >= 0.6 is 11.8 Å². The van der Waals surface area contributed by atoms with E-state index in [1.807, 2.05) is 64.1 Å². The Bertz CT molecular complexity index is 805. The Morgan fingerprint density at radius 3 is 2.48 bits per heavy atom. The molecule has 2 amide bonds. The van der Waals surface area contributed by atoms with Crippen molar-refractivity contribution in [2.75, 3.05) is 10.6 Å². The maximum absolute atomic E-state index is 12.7. The fourth-order valence-electron chi connectivity index (χ4n) is 2.75. The third-order valence-electron chi connectivity index (χ3n) is 4.18. The smallest absolute Gasteiger partial charge is 0.237 e. The minimum absolute atomic E-state index is 0.00475. The van der Waals surface area contributed by atoms with Crippen molar-refractivity contribution in [3.8, 4) is 0 Å². The first-order chi connectivity index (χ1) is 12.9. The van der Waals surface area contributed by atoms with Crippen molar-refractivity contribution in [2.45, 2.75) is 57.1 Å². The average molecular weight is 385 g/mol. The van der Waals surface area contributed by atoms with E-state index >= 15 is 0 Å². The van der Waals surface area contributed by atoms with Gasteiger partial charge in [0.1, 0.15) is 0 Å². The third-order valence-corrected chi connectivity index (χ3v) is 5.53. The second-order valence-corrected chi connectivity index (χ2v) is 7.92. The first kappa shape index (κ1) is 21.0. The predicted molar refractivity (Wildman–Crippen MR) is 114 cm³/mol. The van der Waals surface area contributed by atoms with Crippen LogP contribution in [0.4, 0.5) is 11.4 Å². The first-order valence-corrected chi connectivity index (χ1v) is 10.3. The number of anilines is 2. The van der Waals surface area contributed by atoms with Crippen LogP contribution in [0.5, 0.6) is 0 Å². The van der Waals surface area contributed by atoms with Gasteiger partial charge < -0.3 is 10.6 Å². The van der Waals surface area contributed by atoms with Gasteiger partial charge in [-0.25, -0.2) is 0 Å². The van der Waals surface area contributed by atoms with Crippen LogP contribution in [-0.4, -0.2) is 17.1 Å². The van der Waals surface area contributed by atoms with Crippen LogP contribution in [0.2, 0.25) is 0 Å². The second-order valence-electron chi connectivity index (χ2n) is 6.65. The molecule has 27 heavy (non-hydrogen) atoms. The lowest BCUT2D eigenvalue weighted by Crippen LogP contribution is -2.25. The van der Waals surface area contributed by atoms with Gasteiger partial charge in [0.2, 0.25) is 11.8 Å². The summed E-state index contributed by atoms with van der Waals surface area (Å²) in [7, 11) is 0. The highest BCUT2D eigenvalue weighted by Crippen LogP contribution is 2.29.